The first-order valence-electron chi connectivity index (χ1n) is 6.68. The number of amides is 1. The summed E-state index contributed by atoms with van der Waals surface area (Å²) < 4.78 is 4.67. The van der Waals surface area contributed by atoms with Gasteiger partial charge in [-0.1, -0.05) is 13.3 Å². The van der Waals surface area contributed by atoms with Crippen molar-refractivity contribution in [1.29, 1.82) is 0 Å². The Kier molecular flexibility index (Phi) is 6.67. The van der Waals surface area contributed by atoms with Gasteiger partial charge in [-0.15, -0.1) is 11.3 Å². The maximum Gasteiger partial charge on any atom is 0.350 e. The average molecular weight is 298 g/mol. The number of esters is 1. The molecule has 0 spiro atoms. The fourth-order valence-electron chi connectivity index (χ4n) is 1.79. The van der Waals surface area contributed by atoms with Crippen molar-refractivity contribution in [3.05, 3.63) is 16.3 Å². The van der Waals surface area contributed by atoms with Crippen LogP contribution in [0.15, 0.2) is 11.4 Å². The van der Waals surface area contributed by atoms with Crippen LogP contribution < -0.4 is 11.1 Å². The van der Waals surface area contributed by atoms with Gasteiger partial charge < -0.3 is 15.8 Å². The molecule has 3 N–H and O–H groups in total. The summed E-state index contributed by atoms with van der Waals surface area (Å²) >= 11 is 1.25. The van der Waals surface area contributed by atoms with Crippen molar-refractivity contribution in [2.24, 2.45) is 11.7 Å². The monoisotopic (exact) mass is 298 g/mol. The highest BCUT2D eigenvalue weighted by Gasteiger charge is 2.18. The maximum absolute atomic E-state index is 12.1. The number of methoxy groups -OCH3 is 1. The van der Waals surface area contributed by atoms with Crippen LogP contribution in [0.25, 0.3) is 0 Å². The second-order valence-electron chi connectivity index (χ2n) is 4.95. The molecule has 20 heavy (non-hydrogen) atoms. The summed E-state index contributed by atoms with van der Waals surface area (Å²) in [6, 6.07) is 1.87. The SMILES string of the molecule is COC(=O)c1sccc1NC(=O)C(C)CCCC(C)N. The number of ether oxygens (including phenoxy) is 1. The summed E-state index contributed by atoms with van der Waals surface area (Å²) in [6.07, 6.45) is 2.61. The zero-order chi connectivity index (χ0) is 15.1. The first kappa shape index (κ1) is 16.7. The van der Waals surface area contributed by atoms with Crippen molar-refractivity contribution in [2.45, 2.75) is 39.2 Å². The van der Waals surface area contributed by atoms with Crippen LogP contribution in [-0.2, 0) is 9.53 Å². The van der Waals surface area contributed by atoms with Gasteiger partial charge in [-0.3, -0.25) is 4.79 Å². The minimum absolute atomic E-state index is 0.0850. The summed E-state index contributed by atoms with van der Waals surface area (Å²) in [5.74, 6) is -0.628. The number of hydrogen-bond acceptors (Lipinski definition) is 5. The van der Waals surface area contributed by atoms with E-state index in [4.69, 9.17) is 5.73 Å². The fraction of sp³-hybridized carbons (Fsp3) is 0.571. The van der Waals surface area contributed by atoms with Gasteiger partial charge in [0.25, 0.3) is 0 Å². The molecule has 0 aliphatic carbocycles. The number of nitrogens with one attached hydrogen (secondary N) is 1. The van der Waals surface area contributed by atoms with Crippen LogP contribution in [0.1, 0.15) is 42.8 Å². The molecule has 0 fully saturated rings. The maximum atomic E-state index is 12.1. The number of anilines is 1. The van der Waals surface area contributed by atoms with Gasteiger partial charge in [0.2, 0.25) is 5.91 Å². The van der Waals surface area contributed by atoms with E-state index in [1.165, 1.54) is 18.4 Å². The third-order valence-corrected chi connectivity index (χ3v) is 3.93. The first-order valence-corrected chi connectivity index (χ1v) is 7.56. The van der Waals surface area contributed by atoms with E-state index >= 15 is 0 Å². The van der Waals surface area contributed by atoms with Crippen molar-refractivity contribution in [2.75, 3.05) is 12.4 Å². The third kappa shape index (κ3) is 4.94. The van der Waals surface area contributed by atoms with Gasteiger partial charge in [-0.25, -0.2) is 4.79 Å². The van der Waals surface area contributed by atoms with E-state index < -0.39 is 5.97 Å². The second-order valence-corrected chi connectivity index (χ2v) is 5.87. The van der Waals surface area contributed by atoms with Gasteiger partial charge in [0.1, 0.15) is 4.88 Å². The standard InChI is InChI=1S/C14H22N2O3S/c1-9(5-4-6-10(2)15)13(17)16-11-7-8-20-12(11)14(18)19-3/h7-10H,4-6,15H2,1-3H3,(H,16,17). The van der Waals surface area contributed by atoms with Gasteiger partial charge in [0.05, 0.1) is 12.8 Å². The van der Waals surface area contributed by atoms with Crippen LogP contribution in [0.2, 0.25) is 0 Å². The fourth-order valence-corrected chi connectivity index (χ4v) is 2.56. The van der Waals surface area contributed by atoms with Crippen LogP contribution in [0, 0.1) is 5.92 Å². The lowest BCUT2D eigenvalue weighted by Crippen LogP contribution is -2.22. The predicted molar refractivity (Wildman–Crippen MR) is 81.0 cm³/mol. The molecule has 1 aromatic heterocycles. The zero-order valence-electron chi connectivity index (χ0n) is 12.1. The van der Waals surface area contributed by atoms with Crippen molar-refractivity contribution in [3.8, 4) is 0 Å². The van der Waals surface area contributed by atoms with Crippen molar-refractivity contribution in [3.63, 3.8) is 0 Å². The summed E-state index contributed by atoms with van der Waals surface area (Å²) in [7, 11) is 1.32. The Balaban J connectivity index is 2.53. The van der Waals surface area contributed by atoms with E-state index in [-0.39, 0.29) is 17.9 Å². The molecule has 2 atom stereocenters. The molecule has 0 saturated carbocycles. The van der Waals surface area contributed by atoms with Gasteiger partial charge in [-0.05, 0) is 31.2 Å². The van der Waals surface area contributed by atoms with Crippen molar-refractivity contribution in [1.82, 2.24) is 0 Å². The summed E-state index contributed by atoms with van der Waals surface area (Å²) in [5, 5.41) is 4.54. The normalized spacial score (nSPS) is 13.6. The molecule has 0 saturated heterocycles. The minimum Gasteiger partial charge on any atom is -0.465 e. The Labute approximate surface area is 123 Å². The number of carbonyl (C=O) groups excluding carboxylic acids is 2. The Morgan fingerprint density at radius 3 is 2.70 bits per heavy atom. The Hall–Kier alpha value is -1.40. The van der Waals surface area contributed by atoms with Crippen LogP contribution in [0.4, 0.5) is 5.69 Å². The highest BCUT2D eigenvalue weighted by atomic mass is 32.1. The van der Waals surface area contributed by atoms with E-state index in [1.54, 1.807) is 11.4 Å². The number of nitrogens with two attached hydrogens (primary N) is 1. The zero-order valence-corrected chi connectivity index (χ0v) is 13.0. The molecule has 1 aromatic rings. The lowest BCUT2D eigenvalue weighted by Gasteiger charge is -2.13. The van der Waals surface area contributed by atoms with Crippen molar-refractivity contribution < 1.29 is 14.3 Å². The van der Waals surface area contributed by atoms with E-state index in [1.807, 2.05) is 13.8 Å². The number of rotatable bonds is 7. The van der Waals surface area contributed by atoms with Crippen molar-refractivity contribution >= 4 is 28.9 Å². The topological polar surface area (TPSA) is 81.4 Å². The largest absolute Gasteiger partial charge is 0.465 e. The average Bonchev–Trinajstić information content (AvgIpc) is 2.85. The summed E-state index contributed by atoms with van der Waals surface area (Å²) in [4.78, 5) is 24.0. The lowest BCUT2D eigenvalue weighted by molar-refractivity contribution is -0.119. The molecule has 112 valence electrons. The second kappa shape index (κ2) is 8.01. The quantitative estimate of drug-likeness (QED) is 0.758. The van der Waals surface area contributed by atoms with Gasteiger partial charge >= 0.3 is 5.97 Å². The van der Waals surface area contributed by atoms with E-state index in [0.29, 0.717) is 10.6 Å². The van der Waals surface area contributed by atoms with Gasteiger partial charge in [0, 0.05) is 12.0 Å². The molecule has 0 aliphatic heterocycles. The predicted octanol–water partition coefficient (Wildman–Crippen LogP) is 2.63. The highest BCUT2D eigenvalue weighted by molar-refractivity contribution is 7.12. The first-order chi connectivity index (χ1) is 9.45. The van der Waals surface area contributed by atoms with Crippen LogP contribution in [0.3, 0.4) is 0 Å². The van der Waals surface area contributed by atoms with Gasteiger partial charge in [0.15, 0.2) is 0 Å². The van der Waals surface area contributed by atoms with Crippen LogP contribution >= 0.6 is 11.3 Å². The molecule has 0 bridgehead atoms. The number of carbonyl (C=O) groups is 2. The molecular formula is C14H22N2O3S. The molecule has 6 heteroatoms. The van der Waals surface area contributed by atoms with E-state index in [2.05, 4.69) is 10.1 Å². The number of thiophene rings is 1. The summed E-state index contributed by atoms with van der Waals surface area (Å²) in [5.41, 5.74) is 6.20. The molecule has 1 amide bonds. The summed E-state index contributed by atoms with van der Waals surface area (Å²) in [6.45, 7) is 3.83. The Morgan fingerprint density at radius 1 is 1.40 bits per heavy atom. The Bertz CT molecular complexity index is 457. The molecule has 1 heterocycles. The molecule has 0 aromatic carbocycles. The molecule has 2 unspecified atom stereocenters. The third-order valence-electron chi connectivity index (χ3n) is 3.04. The van der Waals surface area contributed by atoms with E-state index in [0.717, 1.165) is 19.3 Å². The Morgan fingerprint density at radius 2 is 2.10 bits per heavy atom. The van der Waals surface area contributed by atoms with Crippen LogP contribution in [-0.4, -0.2) is 25.0 Å². The van der Waals surface area contributed by atoms with Gasteiger partial charge in [-0.2, -0.15) is 0 Å². The lowest BCUT2D eigenvalue weighted by atomic mass is 10.0. The molecule has 5 nitrogen and oxygen atoms in total. The highest BCUT2D eigenvalue weighted by Crippen LogP contribution is 2.24. The minimum atomic E-state index is -0.431. The number of hydrogen-bond donors (Lipinski definition) is 2. The molecular weight excluding hydrogens is 276 g/mol. The molecule has 0 aliphatic rings. The smallest absolute Gasteiger partial charge is 0.350 e. The molecule has 1 rings (SSSR count). The van der Waals surface area contributed by atoms with E-state index in [9.17, 15) is 9.59 Å². The molecule has 0 radical (unpaired) electrons. The van der Waals surface area contributed by atoms with Crippen LogP contribution in [0.5, 0.6) is 0 Å².